The maximum Gasteiger partial charge on any atom is 0.501 e. The summed E-state index contributed by atoms with van der Waals surface area (Å²) < 4.78 is 22.2. The van der Waals surface area contributed by atoms with Crippen molar-refractivity contribution in [2.75, 3.05) is 26.4 Å². The van der Waals surface area contributed by atoms with Crippen LogP contribution < -0.4 is 0 Å². The monoisotopic (exact) mass is 301 g/mol. The van der Waals surface area contributed by atoms with Crippen molar-refractivity contribution in [3.05, 3.63) is 12.3 Å². The number of carbonyl (C=O) groups excluding carboxylic acids is 1. The molecule has 0 aliphatic rings. The van der Waals surface area contributed by atoms with E-state index in [4.69, 9.17) is 23.3 Å². The first-order valence-electron chi connectivity index (χ1n) is 6.73. The lowest BCUT2D eigenvalue weighted by Crippen LogP contribution is -2.46. The van der Waals surface area contributed by atoms with E-state index in [9.17, 15) is 4.79 Å². The zero-order chi connectivity index (χ0) is 15.4. The van der Waals surface area contributed by atoms with Gasteiger partial charge in [-0.3, -0.25) is 4.79 Å². The fourth-order valence-electron chi connectivity index (χ4n) is 1.61. The molecule has 0 aromatic heterocycles. The predicted octanol–water partition coefficient (Wildman–Crippen LogP) is 2.05. The molecule has 7 heteroatoms. The standard InChI is InChI=1S/C13H23NO5Si/c1-5-17-20(18-6-2,19-7-3)10-8-9-16-12(4)13(15)11-14/h4-10H2,1-3H3. The average molecular weight is 301 g/mol. The van der Waals surface area contributed by atoms with Gasteiger partial charge in [0.1, 0.15) is 6.07 Å². The number of hydrogen-bond donors (Lipinski definition) is 0. The van der Waals surface area contributed by atoms with E-state index in [-0.39, 0.29) is 12.4 Å². The smallest absolute Gasteiger partial charge is 0.489 e. The maximum atomic E-state index is 11.0. The Labute approximate surface area is 121 Å². The van der Waals surface area contributed by atoms with Crippen LogP contribution in [0.1, 0.15) is 27.2 Å². The van der Waals surface area contributed by atoms with Gasteiger partial charge in [0.05, 0.1) is 6.61 Å². The largest absolute Gasteiger partial charge is 0.501 e. The third kappa shape index (κ3) is 6.82. The fourth-order valence-corrected chi connectivity index (χ4v) is 4.19. The molecule has 0 atom stereocenters. The van der Waals surface area contributed by atoms with Crippen molar-refractivity contribution in [2.45, 2.75) is 33.2 Å². The summed E-state index contributed by atoms with van der Waals surface area (Å²) in [5.74, 6) is -0.892. The lowest BCUT2D eigenvalue weighted by molar-refractivity contribution is -0.113. The van der Waals surface area contributed by atoms with Gasteiger partial charge >= 0.3 is 8.80 Å². The van der Waals surface area contributed by atoms with Gasteiger partial charge in [0.25, 0.3) is 5.78 Å². The van der Waals surface area contributed by atoms with Crippen LogP contribution in [-0.2, 0) is 22.8 Å². The summed E-state index contributed by atoms with van der Waals surface area (Å²) in [7, 11) is -2.66. The molecule has 0 rings (SSSR count). The third-order valence-corrected chi connectivity index (χ3v) is 5.50. The Morgan fingerprint density at radius 3 is 2.05 bits per heavy atom. The van der Waals surface area contributed by atoms with Gasteiger partial charge in [-0.05, 0) is 27.2 Å². The number of allylic oxidation sites excluding steroid dienone is 1. The molecular formula is C13H23NO5Si. The predicted molar refractivity (Wildman–Crippen MR) is 75.8 cm³/mol. The zero-order valence-corrected chi connectivity index (χ0v) is 13.4. The summed E-state index contributed by atoms with van der Waals surface area (Å²) in [6.07, 6.45) is 0.601. The molecule has 0 amide bonds. The van der Waals surface area contributed by atoms with Gasteiger partial charge in [-0.2, -0.15) is 5.26 Å². The van der Waals surface area contributed by atoms with Crippen LogP contribution in [-0.4, -0.2) is 41.0 Å². The number of hydrogen-bond acceptors (Lipinski definition) is 6. The lowest BCUT2D eigenvalue weighted by atomic mass is 10.4. The molecule has 0 bridgehead atoms. The van der Waals surface area contributed by atoms with Crippen LogP contribution in [0.4, 0.5) is 0 Å². The van der Waals surface area contributed by atoms with E-state index in [1.807, 2.05) is 20.8 Å². The molecule has 20 heavy (non-hydrogen) atoms. The zero-order valence-electron chi connectivity index (χ0n) is 12.4. The van der Waals surface area contributed by atoms with Gasteiger partial charge < -0.3 is 18.0 Å². The highest BCUT2D eigenvalue weighted by Gasteiger charge is 2.39. The SMILES string of the molecule is C=C(OCCC[Si](OCC)(OCC)OCC)C(=O)C#N. The van der Waals surface area contributed by atoms with E-state index >= 15 is 0 Å². The van der Waals surface area contributed by atoms with Crippen LogP contribution >= 0.6 is 0 Å². The van der Waals surface area contributed by atoms with E-state index in [1.165, 1.54) is 6.07 Å². The number of Topliss-reactive ketones (excluding diaryl/α,β-unsaturated/α-hetero) is 1. The normalized spacial score (nSPS) is 10.9. The molecule has 6 nitrogen and oxygen atoms in total. The molecule has 0 aliphatic heterocycles. The summed E-state index contributed by atoms with van der Waals surface area (Å²) >= 11 is 0. The number of nitrogens with zero attached hydrogens (tertiary/aromatic N) is 1. The lowest BCUT2D eigenvalue weighted by Gasteiger charge is -2.28. The first-order chi connectivity index (χ1) is 9.55. The van der Waals surface area contributed by atoms with E-state index in [0.29, 0.717) is 32.3 Å². The van der Waals surface area contributed by atoms with Gasteiger partial charge in [0.2, 0.25) is 0 Å². The minimum atomic E-state index is -2.66. The van der Waals surface area contributed by atoms with Crippen molar-refractivity contribution in [3.63, 3.8) is 0 Å². The first-order valence-corrected chi connectivity index (χ1v) is 8.66. The second kappa shape index (κ2) is 10.6. The Morgan fingerprint density at radius 1 is 1.15 bits per heavy atom. The molecular weight excluding hydrogens is 278 g/mol. The van der Waals surface area contributed by atoms with Crippen LogP contribution in [0.3, 0.4) is 0 Å². The molecule has 0 aromatic rings. The quantitative estimate of drug-likeness (QED) is 0.180. The molecule has 0 aromatic carbocycles. The molecule has 0 fully saturated rings. The van der Waals surface area contributed by atoms with Crippen LogP contribution in [0.15, 0.2) is 12.3 Å². The number of carbonyl (C=O) groups is 1. The number of ketones is 1. The minimum Gasteiger partial charge on any atom is -0.489 e. The molecule has 114 valence electrons. The van der Waals surface area contributed by atoms with Crippen molar-refractivity contribution < 1.29 is 22.8 Å². The molecule has 0 aliphatic carbocycles. The van der Waals surface area contributed by atoms with Gasteiger partial charge in [0, 0.05) is 25.9 Å². The third-order valence-electron chi connectivity index (χ3n) is 2.35. The Morgan fingerprint density at radius 2 is 1.65 bits per heavy atom. The average Bonchev–Trinajstić information content (AvgIpc) is 2.43. The summed E-state index contributed by atoms with van der Waals surface area (Å²) in [5.41, 5.74) is 0. The van der Waals surface area contributed by atoms with Gasteiger partial charge in [-0.25, -0.2) is 0 Å². The summed E-state index contributed by atoms with van der Waals surface area (Å²) in [6.45, 7) is 10.9. The van der Waals surface area contributed by atoms with Crippen molar-refractivity contribution in [2.24, 2.45) is 0 Å². The van der Waals surface area contributed by atoms with E-state index in [1.54, 1.807) is 0 Å². The maximum absolute atomic E-state index is 11.0. The van der Waals surface area contributed by atoms with Gasteiger partial charge in [0.15, 0.2) is 5.76 Å². The second-order valence-electron chi connectivity index (χ2n) is 3.80. The van der Waals surface area contributed by atoms with Crippen LogP contribution in [0.25, 0.3) is 0 Å². The van der Waals surface area contributed by atoms with Crippen LogP contribution in [0.2, 0.25) is 6.04 Å². The molecule has 0 spiro atoms. The van der Waals surface area contributed by atoms with Crippen molar-refractivity contribution in [3.8, 4) is 6.07 Å². The fraction of sp³-hybridized carbons (Fsp3) is 0.692. The highest BCUT2D eigenvalue weighted by atomic mass is 28.4. The minimum absolute atomic E-state index is 0.135. The van der Waals surface area contributed by atoms with Crippen LogP contribution in [0, 0.1) is 11.3 Å². The van der Waals surface area contributed by atoms with Crippen molar-refractivity contribution >= 4 is 14.6 Å². The Bertz CT molecular complexity index is 336. The molecule has 0 saturated carbocycles. The molecule has 0 heterocycles. The first kappa shape index (κ1) is 18.8. The molecule has 0 saturated heterocycles. The highest BCUT2D eigenvalue weighted by molar-refractivity contribution is 6.60. The summed E-state index contributed by atoms with van der Waals surface area (Å²) in [4.78, 5) is 11.0. The van der Waals surface area contributed by atoms with Crippen LogP contribution in [0.5, 0.6) is 0 Å². The number of nitriles is 1. The van der Waals surface area contributed by atoms with Crippen molar-refractivity contribution in [1.82, 2.24) is 0 Å². The van der Waals surface area contributed by atoms with E-state index < -0.39 is 14.6 Å². The van der Waals surface area contributed by atoms with Gasteiger partial charge in [-0.1, -0.05) is 6.58 Å². The van der Waals surface area contributed by atoms with Crippen molar-refractivity contribution in [1.29, 1.82) is 5.26 Å². The highest BCUT2D eigenvalue weighted by Crippen LogP contribution is 2.18. The molecule has 0 N–H and O–H groups in total. The Balaban J connectivity index is 4.29. The number of rotatable bonds is 12. The van der Waals surface area contributed by atoms with Gasteiger partial charge in [-0.15, -0.1) is 0 Å². The van der Waals surface area contributed by atoms with E-state index in [0.717, 1.165) is 0 Å². The second-order valence-corrected chi connectivity index (χ2v) is 6.53. The van der Waals surface area contributed by atoms with E-state index in [2.05, 4.69) is 6.58 Å². The summed E-state index contributed by atoms with van der Waals surface area (Å²) in [5, 5.41) is 8.41. The molecule has 0 radical (unpaired) electrons. The molecule has 0 unspecified atom stereocenters. The Kier molecular flexibility index (Phi) is 9.93. The summed E-state index contributed by atoms with van der Waals surface area (Å²) in [6, 6.07) is 2.05. The topological polar surface area (TPSA) is 77.8 Å². The number of ether oxygens (including phenoxy) is 1. The Hall–Kier alpha value is -1.20.